The molecule has 70 valence electrons. The first-order chi connectivity index (χ1) is 5.88. The third kappa shape index (κ3) is 3.45. The Labute approximate surface area is 84.8 Å². The van der Waals surface area contributed by atoms with Crippen molar-refractivity contribution in [2.75, 3.05) is 6.54 Å². The van der Waals surface area contributed by atoms with E-state index in [4.69, 9.17) is 11.0 Å². The van der Waals surface area contributed by atoms with Gasteiger partial charge in [0.25, 0.3) is 0 Å². The number of benzene rings is 1. The van der Waals surface area contributed by atoms with Crippen LogP contribution in [0.1, 0.15) is 17.9 Å². The summed E-state index contributed by atoms with van der Waals surface area (Å²) < 4.78 is 0. The Balaban J connectivity index is 0.00000144. The molecule has 0 spiro atoms. The van der Waals surface area contributed by atoms with Crippen LogP contribution < -0.4 is 5.73 Å². The van der Waals surface area contributed by atoms with E-state index >= 15 is 0 Å². The number of nitrogens with two attached hydrogens (primary N) is 1. The van der Waals surface area contributed by atoms with Gasteiger partial charge in [0.1, 0.15) is 0 Å². The largest absolute Gasteiger partial charge is 0.330 e. The number of nitrogens with zero attached hydrogens (tertiary/aromatic N) is 1. The van der Waals surface area contributed by atoms with E-state index in [1.807, 2.05) is 30.3 Å². The number of halogens is 1. The van der Waals surface area contributed by atoms with Crippen LogP contribution in [0, 0.1) is 11.3 Å². The van der Waals surface area contributed by atoms with E-state index in [1.54, 1.807) is 0 Å². The Kier molecular flexibility index (Phi) is 5.96. The summed E-state index contributed by atoms with van der Waals surface area (Å²) >= 11 is 0. The minimum absolute atomic E-state index is 0. The number of nitriles is 1. The molecule has 1 rings (SSSR count). The summed E-state index contributed by atoms with van der Waals surface area (Å²) in [5.41, 5.74) is 6.69. The minimum Gasteiger partial charge on any atom is -0.330 e. The van der Waals surface area contributed by atoms with Gasteiger partial charge >= 0.3 is 0 Å². The lowest BCUT2D eigenvalue weighted by Gasteiger charge is -2.09. The SMILES string of the molecule is Cl.N#CCC(CN)c1ccccc1. The molecular formula is C10H13ClN2. The Morgan fingerprint density at radius 2 is 1.92 bits per heavy atom. The van der Waals surface area contributed by atoms with Crippen molar-refractivity contribution in [3.8, 4) is 6.07 Å². The van der Waals surface area contributed by atoms with Crippen LogP contribution in [0.4, 0.5) is 0 Å². The maximum absolute atomic E-state index is 8.52. The van der Waals surface area contributed by atoms with Crippen LogP contribution in [0.3, 0.4) is 0 Å². The molecule has 0 aromatic heterocycles. The molecular weight excluding hydrogens is 184 g/mol. The predicted molar refractivity (Wildman–Crippen MR) is 55.7 cm³/mol. The van der Waals surface area contributed by atoms with Gasteiger partial charge in [-0.15, -0.1) is 12.4 Å². The molecule has 1 atom stereocenters. The fraction of sp³-hybridized carbons (Fsp3) is 0.300. The van der Waals surface area contributed by atoms with Gasteiger partial charge in [-0.3, -0.25) is 0 Å². The number of rotatable bonds is 3. The highest BCUT2D eigenvalue weighted by Crippen LogP contribution is 2.16. The lowest BCUT2D eigenvalue weighted by atomic mass is 9.97. The molecule has 1 aromatic rings. The molecule has 0 saturated carbocycles. The highest BCUT2D eigenvalue weighted by molar-refractivity contribution is 5.85. The topological polar surface area (TPSA) is 49.8 Å². The molecule has 1 aromatic carbocycles. The molecule has 13 heavy (non-hydrogen) atoms. The van der Waals surface area contributed by atoms with Gasteiger partial charge in [0.05, 0.1) is 6.07 Å². The van der Waals surface area contributed by atoms with E-state index in [0.29, 0.717) is 13.0 Å². The van der Waals surface area contributed by atoms with Gasteiger partial charge < -0.3 is 5.73 Å². The summed E-state index contributed by atoms with van der Waals surface area (Å²) in [7, 11) is 0. The van der Waals surface area contributed by atoms with Gasteiger partial charge in [-0.2, -0.15) is 5.26 Å². The summed E-state index contributed by atoms with van der Waals surface area (Å²) in [6.45, 7) is 0.539. The predicted octanol–water partition coefficient (Wildman–Crippen LogP) is 2.06. The highest BCUT2D eigenvalue weighted by atomic mass is 35.5. The van der Waals surface area contributed by atoms with Crippen molar-refractivity contribution in [1.29, 1.82) is 5.26 Å². The van der Waals surface area contributed by atoms with Crippen LogP contribution in [0.25, 0.3) is 0 Å². The maximum Gasteiger partial charge on any atom is 0.0628 e. The summed E-state index contributed by atoms with van der Waals surface area (Å²) in [6, 6.07) is 12.1. The van der Waals surface area contributed by atoms with E-state index in [2.05, 4.69) is 6.07 Å². The average molecular weight is 197 g/mol. The summed E-state index contributed by atoms with van der Waals surface area (Å²) in [5.74, 6) is 0.191. The molecule has 1 unspecified atom stereocenters. The molecule has 0 amide bonds. The second-order valence-electron chi connectivity index (χ2n) is 2.71. The second-order valence-corrected chi connectivity index (χ2v) is 2.71. The molecule has 0 aliphatic rings. The third-order valence-electron chi connectivity index (χ3n) is 1.89. The molecule has 0 heterocycles. The zero-order valence-corrected chi connectivity index (χ0v) is 8.13. The lowest BCUT2D eigenvalue weighted by molar-refractivity contribution is 0.717. The van der Waals surface area contributed by atoms with Crippen LogP contribution in [0.15, 0.2) is 30.3 Å². The molecule has 0 fully saturated rings. The van der Waals surface area contributed by atoms with Gasteiger partial charge in [0.2, 0.25) is 0 Å². The normalized spacial score (nSPS) is 11.1. The summed E-state index contributed by atoms with van der Waals surface area (Å²) in [4.78, 5) is 0. The first kappa shape index (κ1) is 12.0. The van der Waals surface area contributed by atoms with E-state index in [1.165, 1.54) is 0 Å². The minimum atomic E-state index is 0. The zero-order chi connectivity index (χ0) is 8.81. The first-order valence-corrected chi connectivity index (χ1v) is 4.00. The fourth-order valence-corrected chi connectivity index (χ4v) is 1.17. The first-order valence-electron chi connectivity index (χ1n) is 4.00. The van der Waals surface area contributed by atoms with Crippen molar-refractivity contribution >= 4 is 12.4 Å². The Bertz CT molecular complexity index is 266. The van der Waals surface area contributed by atoms with Crippen LogP contribution in [-0.4, -0.2) is 6.54 Å². The Morgan fingerprint density at radius 3 is 2.38 bits per heavy atom. The van der Waals surface area contributed by atoms with Crippen molar-refractivity contribution in [3.05, 3.63) is 35.9 Å². The van der Waals surface area contributed by atoms with E-state index in [-0.39, 0.29) is 18.3 Å². The van der Waals surface area contributed by atoms with E-state index in [0.717, 1.165) is 5.56 Å². The highest BCUT2D eigenvalue weighted by Gasteiger charge is 2.07. The van der Waals surface area contributed by atoms with Crippen LogP contribution >= 0.6 is 12.4 Å². The Morgan fingerprint density at radius 1 is 1.31 bits per heavy atom. The monoisotopic (exact) mass is 196 g/mol. The van der Waals surface area contributed by atoms with Crippen LogP contribution in [0.5, 0.6) is 0 Å². The molecule has 0 bridgehead atoms. The van der Waals surface area contributed by atoms with Crippen molar-refractivity contribution in [2.24, 2.45) is 5.73 Å². The molecule has 3 heteroatoms. The number of hydrogen-bond acceptors (Lipinski definition) is 2. The molecule has 0 aliphatic heterocycles. The summed E-state index contributed by atoms with van der Waals surface area (Å²) in [6.07, 6.45) is 0.501. The van der Waals surface area contributed by atoms with Gasteiger partial charge in [-0.1, -0.05) is 30.3 Å². The average Bonchev–Trinajstić information content (AvgIpc) is 2.15. The molecule has 0 radical (unpaired) electrons. The zero-order valence-electron chi connectivity index (χ0n) is 7.31. The second kappa shape index (κ2) is 6.47. The number of hydrogen-bond donors (Lipinski definition) is 1. The van der Waals surface area contributed by atoms with Crippen molar-refractivity contribution in [2.45, 2.75) is 12.3 Å². The lowest BCUT2D eigenvalue weighted by Crippen LogP contribution is -2.11. The Hall–Kier alpha value is -1.04. The fourth-order valence-electron chi connectivity index (χ4n) is 1.17. The van der Waals surface area contributed by atoms with Gasteiger partial charge in [0.15, 0.2) is 0 Å². The van der Waals surface area contributed by atoms with E-state index < -0.39 is 0 Å². The molecule has 0 saturated heterocycles. The van der Waals surface area contributed by atoms with Crippen molar-refractivity contribution in [1.82, 2.24) is 0 Å². The van der Waals surface area contributed by atoms with Crippen LogP contribution in [-0.2, 0) is 0 Å². The van der Waals surface area contributed by atoms with Gasteiger partial charge in [-0.05, 0) is 5.56 Å². The van der Waals surface area contributed by atoms with Crippen molar-refractivity contribution in [3.63, 3.8) is 0 Å². The molecule has 2 nitrogen and oxygen atoms in total. The van der Waals surface area contributed by atoms with E-state index in [9.17, 15) is 0 Å². The van der Waals surface area contributed by atoms with Crippen molar-refractivity contribution < 1.29 is 0 Å². The quantitative estimate of drug-likeness (QED) is 0.805. The van der Waals surface area contributed by atoms with Gasteiger partial charge in [-0.25, -0.2) is 0 Å². The van der Waals surface area contributed by atoms with Crippen LogP contribution in [0.2, 0.25) is 0 Å². The maximum atomic E-state index is 8.52. The third-order valence-corrected chi connectivity index (χ3v) is 1.89. The molecule has 2 N–H and O–H groups in total. The standard InChI is InChI=1S/C10H12N2.ClH/c11-7-6-10(8-12)9-4-2-1-3-5-9;/h1-5,10H,6,8,12H2;1H. The molecule has 0 aliphatic carbocycles. The summed E-state index contributed by atoms with van der Waals surface area (Å²) in [5, 5.41) is 8.52. The smallest absolute Gasteiger partial charge is 0.0628 e. The van der Waals surface area contributed by atoms with Gasteiger partial charge in [0, 0.05) is 18.9 Å².